The van der Waals surface area contributed by atoms with Crippen molar-refractivity contribution in [1.82, 2.24) is 4.90 Å². The Morgan fingerprint density at radius 1 is 1.00 bits per heavy atom. The first kappa shape index (κ1) is 17.1. The van der Waals surface area contributed by atoms with E-state index in [2.05, 4.69) is 5.32 Å². The summed E-state index contributed by atoms with van der Waals surface area (Å²) in [4.78, 5) is 25.9. The lowest BCUT2D eigenvalue weighted by molar-refractivity contribution is 0.0629. The summed E-state index contributed by atoms with van der Waals surface area (Å²) in [6, 6.07) is 13.0. The van der Waals surface area contributed by atoms with E-state index in [1.807, 2.05) is 44.2 Å². The number of benzene rings is 2. The molecule has 1 N–H and O–H groups in total. The molecule has 0 atom stereocenters. The Morgan fingerprint density at radius 2 is 1.64 bits per heavy atom. The van der Waals surface area contributed by atoms with Gasteiger partial charge in [-0.2, -0.15) is 0 Å². The second-order valence-electron chi connectivity index (χ2n) is 5.94. The zero-order valence-corrected chi connectivity index (χ0v) is 14.9. The Balaban J connectivity index is 1.54. The average Bonchev–Trinajstić information content (AvgIpc) is 2.81. The molecule has 0 fully saturated rings. The van der Waals surface area contributed by atoms with E-state index < -0.39 is 0 Å². The number of imide groups is 1. The molecule has 25 heavy (non-hydrogen) atoms. The number of nitrogens with one attached hydrogen (secondary N) is 1. The van der Waals surface area contributed by atoms with Gasteiger partial charge in [0.05, 0.1) is 17.7 Å². The van der Waals surface area contributed by atoms with Crippen molar-refractivity contribution in [1.29, 1.82) is 0 Å². The molecule has 2 amide bonds. The van der Waals surface area contributed by atoms with Gasteiger partial charge in [0.2, 0.25) is 0 Å². The Kier molecular flexibility index (Phi) is 4.81. The number of carbonyl (C=O) groups is 2. The lowest BCUT2D eigenvalue weighted by atomic mass is 10.1. The molecule has 0 unspecified atom stereocenters. The van der Waals surface area contributed by atoms with Gasteiger partial charge in [-0.1, -0.05) is 29.3 Å². The molecule has 1 aliphatic rings. The number of carbonyl (C=O) groups excluding carboxylic acids is 2. The molecule has 0 aliphatic carbocycles. The molecule has 2 aromatic carbocycles. The minimum Gasteiger partial charge on any atom is -0.469 e. The van der Waals surface area contributed by atoms with Crippen molar-refractivity contribution in [2.45, 2.75) is 13.8 Å². The van der Waals surface area contributed by atoms with Crippen LogP contribution in [0.4, 0.5) is 5.69 Å². The smallest absolute Gasteiger partial charge is 0.261 e. The highest BCUT2D eigenvalue weighted by Crippen LogP contribution is 2.23. The molecule has 1 aliphatic heterocycles. The van der Waals surface area contributed by atoms with Crippen molar-refractivity contribution in [3.8, 4) is 0 Å². The van der Waals surface area contributed by atoms with Gasteiger partial charge in [0, 0.05) is 5.69 Å². The molecule has 0 spiro atoms. The topological polar surface area (TPSA) is 58.6 Å². The van der Waals surface area contributed by atoms with E-state index in [1.165, 1.54) is 4.90 Å². The Morgan fingerprint density at radius 3 is 2.36 bits per heavy atom. The second kappa shape index (κ2) is 7.03. The first-order valence-electron chi connectivity index (χ1n) is 7.93. The molecule has 0 saturated carbocycles. The summed E-state index contributed by atoms with van der Waals surface area (Å²) >= 11 is 5.13. The standard InChI is InChI=1S/C19H18N2O3S/c1-12-3-6-14(7-4-12)20-19(25)24-10-9-21-17(22)15-8-5-13(2)11-16(15)18(21)23/h3-8,11H,9-10H2,1-2H3,(H,20,25). The Labute approximate surface area is 151 Å². The van der Waals surface area contributed by atoms with Gasteiger partial charge in [-0.3, -0.25) is 14.5 Å². The predicted octanol–water partition coefficient (Wildman–Crippen LogP) is 3.31. The predicted molar refractivity (Wildman–Crippen MR) is 99.9 cm³/mol. The van der Waals surface area contributed by atoms with Crippen LogP contribution >= 0.6 is 12.2 Å². The molecule has 0 bridgehead atoms. The van der Waals surface area contributed by atoms with Gasteiger partial charge in [0.15, 0.2) is 0 Å². The minimum atomic E-state index is -0.291. The number of amides is 2. The summed E-state index contributed by atoms with van der Waals surface area (Å²) in [5.41, 5.74) is 3.81. The van der Waals surface area contributed by atoms with Gasteiger partial charge in [-0.15, -0.1) is 0 Å². The number of ether oxygens (including phenoxy) is 1. The number of fused-ring (bicyclic) bond motifs is 1. The van der Waals surface area contributed by atoms with Crippen LogP contribution in [0, 0.1) is 13.8 Å². The molecule has 2 aromatic rings. The van der Waals surface area contributed by atoms with Gasteiger partial charge in [0.25, 0.3) is 17.0 Å². The number of hydrogen-bond acceptors (Lipinski definition) is 4. The van der Waals surface area contributed by atoms with Crippen molar-refractivity contribution in [2.75, 3.05) is 18.5 Å². The summed E-state index contributed by atoms with van der Waals surface area (Å²) in [7, 11) is 0. The molecular weight excluding hydrogens is 336 g/mol. The normalized spacial score (nSPS) is 13.0. The SMILES string of the molecule is Cc1ccc(NC(=S)OCCN2C(=O)c3ccc(C)cc3C2=O)cc1. The molecule has 3 rings (SSSR count). The van der Waals surface area contributed by atoms with Gasteiger partial charge < -0.3 is 10.1 Å². The highest BCUT2D eigenvalue weighted by Gasteiger charge is 2.35. The van der Waals surface area contributed by atoms with Gasteiger partial charge in [-0.05, 0) is 50.3 Å². The number of hydrogen-bond donors (Lipinski definition) is 1. The van der Waals surface area contributed by atoms with Crippen molar-refractivity contribution < 1.29 is 14.3 Å². The zero-order valence-electron chi connectivity index (χ0n) is 14.0. The van der Waals surface area contributed by atoms with E-state index in [4.69, 9.17) is 17.0 Å². The largest absolute Gasteiger partial charge is 0.469 e. The average molecular weight is 354 g/mol. The fraction of sp³-hybridized carbons (Fsp3) is 0.211. The maximum Gasteiger partial charge on any atom is 0.261 e. The van der Waals surface area contributed by atoms with Gasteiger partial charge >= 0.3 is 0 Å². The van der Waals surface area contributed by atoms with E-state index in [-0.39, 0.29) is 30.1 Å². The van der Waals surface area contributed by atoms with Crippen LogP contribution in [-0.2, 0) is 4.74 Å². The van der Waals surface area contributed by atoms with Crippen molar-refractivity contribution in [3.63, 3.8) is 0 Å². The summed E-state index contributed by atoms with van der Waals surface area (Å²) in [5, 5.41) is 3.17. The van der Waals surface area contributed by atoms with Crippen LogP contribution in [0.15, 0.2) is 42.5 Å². The number of aryl methyl sites for hydroxylation is 2. The second-order valence-corrected chi connectivity index (χ2v) is 6.31. The monoisotopic (exact) mass is 354 g/mol. The third-order valence-electron chi connectivity index (χ3n) is 3.97. The number of rotatable bonds is 4. The Hall–Kier alpha value is -2.73. The van der Waals surface area contributed by atoms with Crippen LogP contribution in [-0.4, -0.2) is 35.0 Å². The van der Waals surface area contributed by atoms with E-state index >= 15 is 0 Å². The molecule has 0 radical (unpaired) electrons. The third kappa shape index (κ3) is 3.69. The first-order chi connectivity index (χ1) is 12.0. The lowest BCUT2D eigenvalue weighted by Crippen LogP contribution is -2.33. The molecule has 128 valence electrons. The van der Waals surface area contributed by atoms with E-state index in [9.17, 15) is 9.59 Å². The molecule has 0 saturated heterocycles. The number of nitrogens with zero attached hydrogens (tertiary/aromatic N) is 1. The lowest BCUT2D eigenvalue weighted by Gasteiger charge is -2.15. The summed E-state index contributed by atoms with van der Waals surface area (Å²) in [6.07, 6.45) is 0. The molecular formula is C19H18N2O3S. The third-order valence-corrected chi connectivity index (χ3v) is 4.19. The molecule has 6 heteroatoms. The Bertz CT molecular complexity index is 846. The van der Waals surface area contributed by atoms with Crippen LogP contribution in [0.25, 0.3) is 0 Å². The highest BCUT2D eigenvalue weighted by molar-refractivity contribution is 7.80. The van der Waals surface area contributed by atoms with E-state index in [1.54, 1.807) is 12.1 Å². The molecule has 0 aromatic heterocycles. The fourth-order valence-electron chi connectivity index (χ4n) is 2.63. The fourth-order valence-corrected chi connectivity index (χ4v) is 2.83. The maximum atomic E-state index is 12.4. The minimum absolute atomic E-state index is 0.141. The van der Waals surface area contributed by atoms with E-state index in [0.717, 1.165) is 16.8 Å². The van der Waals surface area contributed by atoms with Crippen molar-refractivity contribution >= 4 is 34.9 Å². The molecule has 5 nitrogen and oxygen atoms in total. The van der Waals surface area contributed by atoms with Crippen molar-refractivity contribution in [2.24, 2.45) is 0 Å². The number of anilines is 1. The van der Waals surface area contributed by atoms with Crippen molar-refractivity contribution in [3.05, 3.63) is 64.7 Å². The van der Waals surface area contributed by atoms with Gasteiger partial charge in [0.1, 0.15) is 6.61 Å². The summed E-state index contributed by atoms with van der Waals surface area (Å²) < 4.78 is 5.43. The quantitative estimate of drug-likeness (QED) is 0.674. The van der Waals surface area contributed by atoms with Crippen LogP contribution in [0.3, 0.4) is 0 Å². The zero-order chi connectivity index (χ0) is 18.0. The van der Waals surface area contributed by atoms with E-state index in [0.29, 0.717) is 11.1 Å². The number of thiocarbonyl (C=S) groups is 1. The highest BCUT2D eigenvalue weighted by atomic mass is 32.1. The summed E-state index contributed by atoms with van der Waals surface area (Å²) in [5.74, 6) is -0.578. The van der Waals surface area contributed by atoms with Crippen LogP contribution in [0.5, 0.6) is 0 Å². The van der Waals surface area contributed by atoms with Crippen LogP contribution in [0.2, 0.25) is 0 Å². The van der Waals surface area contributed by atoms with Crippen LogP contribution in [0.1, 0.15) is 31.8 Å². The summed E-state index contributed by atoms with van der Waals surface area (Å²) in [6.45, 7) is 4.18. The molecule has 1 heterocycles. The van der Waals surface area contributed by atoms with Crippen LogP contribution < -0.4 is 5.32 Å². The maximum absolute atomic E-state index is 12.4. The first-order valence-corrected chi connectivity index (χ1v) is 8.34. The van der Waals surface area contributed by atoms with Gasteiger partial charge in [-0.25, -0.2) is 0 Å².